The molecule has 1 heterocycles. The molecule has 176 valence electrons. The number of fused-ring (bicyclic) bond motifs is 1. The summed E-state index contributed by atoms with van der Waals surface area (Å²) in [5.41, 5.74) is 4.63. The topological polar surface area (TPSA) is 50.7 Å². The molecule has 1 amide bonds. The third-order valence-electron chi connectivity index (χ3n) is 5.92. The molecule has 35 heavy (non-hydrogen) atoms. The van der Waals surface area contributed by atoms with Gasteiger partial charge in [0, 0.05) is 21.8 Å². The maximum absolute atomic E-state index is 13.2. The van der Waals surface area contributed by atoms with Crippen LogP contribution < -0.4 is 10.1 Å². The van der Waals surface area contributed by atoms with Gasteiger partial charge in [-0.25, -0.2) is 4.99 Å². The first kappa shape index (κ1) is 23.3. The number of halogens is 1. The number of thiophene rings is 1. The Morgan fingerprint density at radius 1 is 1.00 bits per heavy atom. The fraction of sp³-hybridized carbons (Fsp3) is 0.172. The van der Waals surface area contributed by atoms with Gasteiger partial charge in [0.15, 0.2) is 0 Å². The molecule has 0 bridgehead atoms. The first-order valence-electron chi connectivity index (χ1n) is 11.7. The smallest absolute Gasteiger partial charge is 0.259 e. The van der Waals surface area contributed by atoms with E-state index in [9.17, 15) is 4.79 Å². The quantitative estimate of drug-likeness (QED) is 0.262. The lowest BCUT2D eigenvalue weighted by molar-refractivity contribution is 0.102. The molecule has 0 fully saturated rings. The van der Waals surface area contributed by atoms with Crippen LogP contribution in [0.2, 0.25) is 5.02 Å². The van der Waals surface area contributed by atoms with Crippen molar-refractivity contribution in [1.82, 2.24) is 0 Å². The van der Waals surface area contributed by atoms with Crippen molar-refractivity contribution < 1.29 is 9.53 Å². The normalized spacial score (nSPS) is 12.9. The maximum atomic E-state index is 13.2. The van der Waals surface area contributed by atoms with Crippen LogP contribution in [0.1, 0.15) is 44.8 Å². The van der Waals surface area contributed by atoms with Crippen LogP contribution >= 0.6 is 22.9 Å². The first-order chi connectivity index (χ1) is 17.2. The number of anilines is 1. The van der Waals surface area contributed by atoms with Gasteiger partial charge in [0.25, 0.3) is 5.91 Å². The molecule has 0 saturated heterocycles. The summed E-state index contributed by atoms with van der Waals surface area (Å²) < 4.78 is 5.87. The Morgan fingerprint density at radius 3 is 2.60 bits per heavy atom. The Hall–Kier alpha value is -3.41. The van der Waals surface area contributed by atoms with E-state index in [1.807, 2.05) is 85.1 Å². The summed E-state index contributed by atoms with van der Waals surface area (Å²) in [6, 6.07) is 25.0. The fourth-order valence-corrected chi connectivity index (χ4v) is 5.61. The second-order valence-corrected chi connectivity index (χ2v) is 9.98. The second-order valence-electron chi connectivity index (χ2n) is 8.46. The second kappa shape index (κ2) is 10.9. The molecule has 4 nitrogen and oxygen atoms in total. The number of para-hydroxylation sites is 1. The van der Waals surface area contributed by atoms with Crippen molar-refractivity contribution in [2.45, 2.75) is 32.3 Å². The van der Waals surface area contributed by atoms with Gasteiger partial charge >= 0.3 is 0 Å². The van der Waals surface area contributed by atoms with Gasteiger partial charge in [-0.1, -0.05) is 41.9 Å². The van der Waals surface area contributed by atoms with Crippen molar-refractivity contribution >= 4 is 45.7 Å². The average Bonchev–Trinajstić information content (AvgIpc) is 3.26. The van der Waals surface area contributed by atoms with Crippen LogP contribution in [0.25, 0.3) is 0 Å². The molecule has 0 aliphatic heterocycles. The average molecular weight is 501 g/mol. The van der Waals surface area contributed by atoms with Gasteiger partial charge in [0.05, 0.1) is 5.56 Å². The van der Waals surface area contributed by atoms with Gasteiger partial charge in [-0.05, 0) is 90.9 Å². The van der Waals surface area contributed by atoms with E-state index in [0.29, 0.717) is 17.2 Å². The first-order valence-corrected chi connectivity index (χ1v) is 12.9. The van der Waals surface area contributed by atoms with Gasteiger partial charge in [0.2, 0.25) is 0 Å². The van der Waals surface area contributed by atoms with Crippen LogP contribution in [-0.4, -0.2) is 12.1 Å². The highest BCUT2D eigenvalue weighted by Crippen LogP contribution is 2.40. The molecule has 1 aliphatic rings. The van der Waals surface area contributed by atoms with E-state index in [1.54, 1.807) is 11.3 Å². The lowest BCUT2D eigenvalue weighted by Crippen LogP contribution is -2.14. The van der Waals surface area contributed by atoms with Crippen LogP contribution in [0.4, 0.5) is 10.7 Å². The number of hydrogen-bond acceptors (Lipinski definition) is 4. The Morgan fingerprint density at radius 2 is 1.80 bits per heavy atom. The summed E-state index contributed by atoms with van der Waals surface area (Å²) in [5, 5.41) is 4.51. The van der Waals surface area contributed by atoms with E-state index < -0.39 is 0 Å². The highest BCUT2D eigenvalue weighted by atomic mass is 35.5. The van der Waals surface area contributed by atoms with Crippen molar-refractivity contribution in [3.63, 3.8) is 0 Å². The summed E-state index contributed by atoms with van der Waals surface area (Å²) >= 11 is 7.68. The number of ether oxygens (including phenoxy) is 1. The molecule has 4 aromatic rings. The zero-order valence-corrected chi connectivity index (χ0v) is 20.7. The number of aryl methyl sites for hydroxylation is 1. The molecule has 0 saturated carbocycles. The zero-order valence-electron chi connectivity index (χ0n) is 19.2. The number of carbonyl (C=O) groups is 1. The molecular weight excluding hydrogens is 476 g/mol. The van der Waals surface area contributed by atoms with Crippen LogP contribution in [0.5, 0.6) is 5.75 Å². The molecular formula is C29H25ClN2O2S. The van der Waals surface area contributed by atoms with Crippen molar-refractivity contribution in [3.8, 4) is 5.75 Å². The molecule has 1 aromatic heterocycles. The third kappa shape index (κ3) is 5.81. The number of nitrogens with zero attached hydrogens (tertiary/aromatic N) is 1. The predicted molar refractivity (Wildman–Crippen MR) is 145 cm³/mol. The Bertz CT molecular complexity index is 1350. The Kier molecular flexibility index (Phi) is 7.26. The Labute approximate surface area is 214 Å². The van der Waals surface area contributed by atoms with E-state index in [0.717, 1.165) is 58.8 Å². The van der Waals surface area contributed by atoms with Crippen molar-refractivity contribution in [3.05, 3.63) is 111 Å². The van der Waals surface area contributed by atoms with Gasteiger partial charge in [0.1, 0.15) is 17.4 Å². The minimum absolute atomic E-state index is 0.0903. The van der Waals surface area contributed by atoms with Crippen LogP contribution in [0, 0.1) is 0 Å². The van der Waals surface area contributed by atoms with E-state index in [2.05, 4.69) is 5.32 Å². The van der Waals surface area contributed by atoms with Gasteiger partial charge in [-0.15, -0.1) is 11.3 Å². The summed E-state index contributed by atoms with van der Waals surface area (Å²) in [4.78, 5) is 19.3. The third-order valence-corrected chi connectivity index (χ3v) is 7.35. The molecule has 0 atom stereocenters. The van der Waals surface area contributed by atoms with Gasteiger partial charge < -0.3 is 10.1 Å². The number of aliphatic imine (C=N–C) groups is 1. The molecule has 5 rings (SSSR count). The molecule has 1 N–H and O–H groups in total. The maximum Gasteiger partial charge on any atom is 0.259 e. The van der Waals surface area contributed by atoms with Gasteiger partial charge in [-0.2, -0.15) is 0 Å². The molecule has 0 radical (unpaired) electrons. The van der Waals surface area contributed by atoms with E-state index in [-0.39, 0.29) is 5.91 Å². The zero-order chi connectivity index (χ0) is 24.0. The standard InChI is InChI=1S/C29H25ClN2O2S/c30-22-8-6-7-21(17-22)19-34-24-15-13-20(14-16-24)18-31-29-27(25-11-4-5-12-26(25)35-29)28(33)32-23-9-2-1-3-10-23/h1-3,6-10,13-18H,4-5,11-12,19H2,(H,32,33). The van der Waals surface area contributed by atoms with Crippen molar-refractivity contribution in [2.24, 2.45) is 4.99 Å². The van der Waals surface area contributed by atoms with Crippen LogP contribution in [0.15, 0.2) is 83.9 Å². The van der Waals surface area contributed by atoms with E-state index in [1.165, 1.54) is 4.88 Å². The minimum Gasteiger partial charge on any atom is -0.489 e. The molecule has 6 heteroatoms. The lowest BCUT2D eigenvalue weighted by Gasteiger charge is -2.12. The molecule has 0 unspecified atom stereocenters. The molecule has 1 aliphatic carbocycles. The number of nitrogens with one attached hydrogen (secondary N) is 1. The largest absolute Gasteiger partial charge is 0.489 e. The summed E-state index contributed by atoms with van der Waals surface area (Å²) in [6.07, 6.45) is 6.02. The van der Waals surface area contributed by atoms with Gasteiger partial charge in [-0.3, -0.25) is 4.79 Å². The number of carbonyl (C=O) groups excluding carboxylic acids is 1. The number of hydrogen-bond donors (Lipinski definition) is 1. The SMILES string of the molecule is O=C(Nc1ccccc1)c1c(N=Cc2ccc(OCc3cccc(Cl)c3)cc2)sc2c1CCCC2. The molecule has 0 spiro atoms. The summed E-state index contributed by atoms with van der Waals surface area (Å²) in [5.74, 6) is 0.684. The molecule has 3 aromatic carbocycles. The van der Waals surface area contributed by atoms with E-state index in [4.69, 9.17) is 21.3 Å². The number of amides is 1. The summed E-state index contributed by atoms with van der Waals surface area (Å²) in [6.45, 7) is 0.453. The highest BCUT2D eigenvalue weighted by Gasteiger charge is 2.25. The Balaban J connectivity index is 1.32. The fourth-order valence-electron chi connectivity index (χ4n) is 4.17. The van der Waals surface area contributed by atoms with Crippen LogP contribution in [-0.2, 0) is 19.4 Å². The minimum atomic E-state index is -0.0903. The number of rotatable bonds is 7. The lowest BCUT2D eigenvalue weighted by atomic mass is 9.95. The van der Waals surface area contributed by atoms with E-state index >= 15 is 0 Å². The number of benzene rings is 3. The van der Waals surface area contributed by atoms with Crippen LogP contribution in [0.3, 0.4) is 0 Å². The monoisotopic (exact) mass is 500 g/mol. The van der Waals surface area contributed by atoms with Crippen molar-refractivity contribution in [1.29, 1.82) is 0 Å². The van der Waals surface area contributed by atoms with Crippen molar-refractivity contribution in [2.75, 3.05) is 5.32 Å². The summed E-state index contributed by atoms with van der Waals surface area (Å²) in [7, 11) is 0. The predicted octanol–water partition coefficient (Wildman–Crippen LogP) is 7.86. The highest BCUT2D eigenvalue weighted by molar-refractivity contribution is 7.16.